The minimum Gasteiger partial charge on any atom is -0.328 e. The number of hydrogen-bond acceptors (Lipinski definition) is 3. The number of rotatable bonds is 7. The van der Waals surface area contributed by atoms with E-state index in [1.165, 1.54) is 0 Å². The van der Waals surface area contributed by atoms with Crippen LogP contribution in [0.2, 0.25) is 0 Å². The van der Waals surface area contributed by atoms with E-state index in [9.17, 15) is 8.42 Å². The normalized spacial score (nSPS) is 25.6. The lowest BCUT2D eigenvalue weighted by molar-refractivity contribution is 0.238. The van der Waals surface area contributed by atoms with Crippen LogP contribution in [0.25, 0.3) is 0 Å². The maximum absolute atomic E-state index is 12.2. The molecule has 5 nitrogen and oxygen atoms in total. The predicted octanol–water partition coefficient (Wildman–Crippen LogP) is 1.21. The topological polar surface area (TPSA) is 75.4 Å². The molecule has 0 saturated heterocycles. The molecule has 0 aromatic carbocycles. The SMILES string of the molecule is CCCNS(=O)(=O)N(CCC)C1CCC(N)CC1. The molecule has 0 spiro atoms. The first-order valence-electron chi connectivity index (χ1n) is 7.03. The van der Waals surface area contributed by atoms with Gasteiger partial charge in [0.05, 0.1) is 0 Å². The van der Waals surface area contributed by atoms with E-state index in [1.807, 2.05) is 13.8 Å². The first-order chi connectivity index (χ1) is 8.51. The van der Waals surface area contributed by atoms with E-state index in [2.05, 4.69) is 4.72 Å². The van der Waals surface area contributed by atoms with Crippen LogP contribution in [-0.2, 0) is 10.2 Å². The molecule has 0 atom stereocenters. The third kappa shape index (κ3) is 4.50. The van der Waals surface area contributed by atoms with Crippen molar-refractivity contribution in [1.29, 1.82) is 0 Å². The molecule has 6 heteroatoms. The largest absolute Gasteiger partial charge is 0.328 e. The van der Waals surface area contributed by atoms with Gasteiger partial charge < -0.3 is 5.73 Å². The van der Waals surface area contributed by atoms with E-state index < -0.39 is 10.2 Å². The number of nitrogens with one attached hydrogen (secondary N) is 1. The Labute approximate surface area is 111 Å². The molecular formula is C12H27N3O2S. The standard InChI is InChI=1S/C12H27N3O2S/c1-3-9-14-18(16,17)15(10-4-2)12-7-5-11(13)6-8-12/h11-12,14H,3-10,13H2,1-2H3. The van der Waals surface area contributed by atoms with Crippen molar-refractivity contribution in [2.45, 2.75) is 64.5 Å². The van der Waals surface area contributed by atoms with Gasteiger partial charge in [-0.1, -0.05) is 13.8 Å². The van der Waals surface area contributed by atoms with Crippen molar-refractivity contribution >= 4 is 10.2 Å². The highest BCUT2D eigenvalue weighted by Crippen LogP contribution is 2.24. The minimum atomic E-state index is -3.32. The number of nitrogens with two attached hydrogens (primary N) is 1. The Bertz CT molecular complexity index is 324. The summed E-state index contributed by atoms with van der Waals surface area (Å²) in [5.74, 6) is 0. The zero-order valence-corrected chi connectivity index (χ0v) is 12.4. The summed E-state index contributed by atoms with van der Waals surface area (Å²) in [6, 6.07) is 0.370. The summed E-state index contributed by atoms with van der Waals surface area (Å²) in [5.41, 5.74) is 5.88. The molecule has 1 aliphatic rings. The quantitative estimate of drug-likeness (QED) is 0.734. The van der Waals surface area contributed by atoms with E-state index in [-0.39, 0.29) is 12.1 Å². The van der Waals surface area contributed by atoms with Gasteiger partial charge in [0.2, 0.25) is 0 Å². The average Bonchev–Trinajstić information content (AvgIpc) is 2.35. The second kappa shape index (κ2) is 7.43. The van der Waals surface area contributed by atoms with E-state index in [4.69, 9.17) is 5.73 Å². The monoisotopic (exact) mass is 277 g/mol. The lowest BCUT2D eigenvalue weighted by Gasteiger charge is -2.35. The van der Waals surface area contributed by atoms with Crippen molar-refractivity contribution in [3.8, 4) is 0 Å². The van der Waals surface area contributed by atoms with Gasteiger partial charge in [-0.15, -0.1) is 0 Å². The van der Waals surface area contributed by atoms with Gasteiger partial charge in [-0.05, 0) is 38.5 Å². The Morgan fingerprint density at radius 2 is 1.78 bits per heavy atom. The van der Waals surface area contributed by atoms with Gasteiger partial charge >= 0.3 is 0 Å². The molecule has 1 rings (SSSR count). The van der Waals surface area contributed by atoms with E-state index >= 15 is 0 Å². The summed E-state index contributed by atoms with van der Waals surface area (Å²) in [7, 11) is -3.32. The molecule has 0 amide bonds. The van der Waals surface area contributed by atoms with Gasteiger partial charge in [0.1, 0.15) is 0 Å². The van der Waals surface area contributed by atoms with Crippen molar-refractivity contribution in [2.24, 2.45) is 5.73 Å². The van der Waals surface area contributed by atoms with Crippen molar-refractivity contribution in [3.63, 3.8) is 0 Å². The summed E-state index contributed by atoms with van der Waals surface area (Å²) >= 11 is 0. The van der Waals surface area contributed by atoms with Crippen LogP contribution in [0, 0.1) is 0 Å². The highest BCUT2D eigenvalue weighted by molar-refractivity contribution is 7.87. The molecule has 18 heavy (non-hydrogen) atoms. The fourth-order valence-corrected chi connectivity index (χ4v) is 4.08. The van der Waals surface area contributed by atoms with Crippen LogP contribution in [0.15, 0.2) is 0 Å². The molecule has 1 aliphatic carbocycles. The molecule has 0 aliphatic heterocycles. The van der Waals surface area contributed by atoms with Crippen molar-refractivity contribution < 1.29 is 8.42 Å². The summed E-state index contributed by atoms with van der Waals surface area (Å²) in [6.45, 7) is 5.08. The smallest absolute Gasteiger partial charge is 0.279 e. The van der Waals surface area contributed by atoms with Crippen LogP contribution in [0.1, 0.15) is 52.4 Å². The molecule has 0 heterocycles. The Hall–Kier alpha value is -0.170. The van der Waals surface area contributed by atoms with Crippen LogP contribution >= 0.6 is 0 Å². The molecule has 0 aromatic rings. The maximum Gasteiger partial charge on any atom is 0.279 e. The van der Waals surface area contributed by atoms with Gasteiger partial charge in [-0.3, -0.25) is 0 Å². The molecule has 0 aromatic heterocycles. The van der Waals surface area contributed by atoms with E-state index in [0.29, 0.717) is 13.1 Å². The molecule has 1 saturated carbocycles. The van der Waals surface area contributed by atoms with E-state index in [1.54, 1.807) is 4.31 Å². The number of hydrogen-bond donors (Lipinski definition) is 2. The van der Waals surface area contributed by atoms with Crippen LogP contribution in [0.3, 0.4) is 0 Å². The lowest BCUT2D eigenvalue weighted by atomic mass is 9.92. The van der Waals surface area contributed by atoms with Gasteiger partial charge in [-0.25, -0.2) is 4.72 Å². The first-order valence-corrected chi connectivity index (χ1v) is 8.47. The Balaban J connectivity index is 2.69. The third-order valence-electron chi connectivity index (χ3n) is 3.44. The van der Waals surface area contributed by atoms with Crippen molar-refractivity contribution in [2.75, 3.05) is 13.1 Å². The molecule has 108 valence electrons. The fraction of sp³-hybridized carbons (Fsp3) is 1.00. The first kappa shape index (κ1) is 15.9. The van der Waals surface area contributed by atoms with Crippen LogP contribution in [0.5, 0.6) is 0 Å². The second-order valence-electron chi connectivity index (χ2n) is 5.08. The zero-order chi connectivity index (χ0) is 13.6. The molecular weight excluding hydrogens is 250 g/mol. The summed E-state index contributed by atoms with van der Waals surface area (Å²) < 4.78 is 28.8. The molecule has 0 unspecified atom stereocenters. The summed E-state index contributed by atoms with van der Waals surface area (Å²) in [6.07, 6.45) is 5.27. The Morgan fingerprint density at radius 3 is 2.28 bits per heavy atom. The second-order valence-corrected chi connectivity index (χ2v) is 6.79. The molecule has 0 bridgehead atoms. The summed E-state index contributed by atoms with van der Waals surface area (Å²) in [4.78, 5) is 0. The van der Waals surface area contributed by atoms with Gasteiger partial charge in [0, 0.05) is 25.2 Å². The predicted molar refractivity (Wildman–Crippen MR) is 74.4 cm³/mol. The van der Waals surface area contributed by atoms with Gasteiger partial charge in [0.25, 0.3) is 10.2 Å². The lowest BCUT2D eigenvalue weighted by Crippen LogP contribution is -2.49. The van der Waals surface area contributed by atoms with Crippen LogP contribution in [0.4, 0.5) is 0 Å². The minimum absolute atomic E-state index is 0.124. The van der Waals surface area contributed by atoms with Crippen molar-refractivity contribution in [1.82, 2.24) is 9.03 Å². The maximum atomic E-state index is 12.2. The Morgan fingerprint density at radius 1 is 1.17 bits per heavy atom. The summed E-state index contributed by atoms with van der Waals surface area (Å²) in [5, 5.41) is 0. The van der Waals surface area contributed by atoms with Gasteiger partial charge in [-0.2, -0.15) is 12.7 Å². The van der Waals surface area contributed by atoms with Crippen LogP contribution < -0.4 is 10.5 Å². The highest BCUT2D eigenvalue weighted by Gasteiger charge is 2.31. The van der Waals surface area contributed by atoms with E-state index in [0.717, 1.165) is 38.5 Å². The number of nitrogens with zero attached hydrogens (tertiary/aromatic N) is 1. The molecule has 3 N–H and O–H groups in total. The Kier molecular flexibility index (Phi) is 6.55. The fourth-order valence-electron chi connectivity index (χ4n) is 2.42. The zero-order valence-electron chi connectivity index (χ0n) is 11.6. The third-order valence-corrected chi connectivity index (χ3v) is 5.10. The highest BCUT2D eigenvalue weighted by atomic mass is 32.2. The van der Waals surface area contributed by atoms with Crippen LogP contribution in [-0.4, -0.2) is 37.9 Å². The molecule has 0 radical (unpaired) electrons. The average molecular weight is 277 g/mol. The molecule has 1 fully saturated rings. The van der Waals surface area contributed by atoms with Gasteiger partial charge in [0.15, 0.2) is 0 Å². The van der Waals surface area contributed by atoms with Crippen molar-refractivity contribution in [3.05, 3.63) is 0 Å².